The second kappa shape index (κ2) is 8.52. The number of fused-ring (bicyclic) bond motifs is 2. The van der Waals surface area contributed by atoms with Crippen LogP contribution in [-0.4, -0.2) is 49.0 Å². The molecule has 0 fully saturated rings. The molecule has 0 atom stereocenters. The summed E-state index contributed by atoms with van der Waals surface area (Å²) in [5, 5.41) is 3.74. The van der Waals surface area contributed by atoms with E-state index >= 15 is 0 Å². The third kappa shape index (κ3) is 3.65. The summed E-state index contributed by atoms with van der Waals surface area (Å²) in [7, 11) is 3.15. The first-order valence-electron chi connectivity index (χ1n) is 11.3. The molecule has 0 unspecified atom stereocenters. The Morgan fingerprint density at radius 3 is 2.67 bits per heavy atom. The first kappa shape index (κ1) is 23.1. The molecule has 0 bridgehead atoms. The number of halogens is 1. The molecule has 5 aromatic rings. The molecule has 184 valence electrons. The number of aromatic amines is 1. The van der Waals surface area contributed by atoms with Gasteiger partial charge in [0, 0.05) is 37.2 Å². The van der Waals surface area contributed by atoms with Crippen LogP contribution in [0.15, 0.2) is 53.5 Å². The van der Waals surface area contributed by atoms with E-state index in [9.17, 15) is 14.0 Å². The Labute approximate surface area is 205 Å². The number of rotatable bonds is 5. The number of hydrogen-bond acceptors (Lipinski definition) is 6. The number of carbonyl (C=O) groups is 1. The molecule has 3 aromatic heterocycles. The van der Waals surface area contributed by atoms with Crippen molar-refractivity contribution in [2.24, 2.45) is 0 Å². The number of anilines is 3. The standard InChI is InChI=1S/C25H25FN8O2/c1-13(2)33-22-20(34(25(33)36)15-8-9-18-14(12-15)10-11-28-18)21(27)30-24(31-22)29-19-16(23(35)32(3)4)6-5-7-17(19)26/h5-13,28H,1-4H3,(H3,27,29,30,31). The summed E-state index contributed by atoms with van der Waals surface area (Å²) in [6, 6.07) is 11.4. The fraction of sp³-hybridized carbons (Fsp3) is 0.200. The second-order valence-corrected chi connectivity index (χ2v) is 8.92. The Bertz CT molecular complexity index is 1700. The van der Waals surface area contributed by atoms with Gasteiger partial charge in [-0.2, -0.15) is 9.97 Å². The van der Waals surface area contributed by atoms with Gasteiger partial charge in [-0.15, -0.1) is 0 Å². The van der Waals surface area contributed by atoms with Crippen molar-refractivity contribution in [1.29, 1.82) is 0 Å². The normalized spacial score (nSPS) is 11.5. The maximum Gasteiger partial charge on any atom is 0.335 e. The van der Waals surface area contributed by atoms with Gasteiger partial charge in [0.1, 0.15) is 11.3 Å². The Hall–Kier alpha value is -4.67. The monoisotopic (exact) mass is 488 g/mol. The number of nitrogen functional groups attached to an aromatic ring is 1. The number of benzene rings is 2. The predicted molar refractivity (Wildman–Crippen MR) is 137 cm³/mol. The number of nitrogens with zero attached hydrogens (tertiary/aromatic N) is 5. The molecule has 4 N–H and O–H groups in total. The maximum absolute atomic E-state index is 14.8. The van der Waals surface area contributed by atoms with Crippen LogP contribution in [0.4, 0.5) is 21.8 Å². The van der Waals surface area contributed by atoms with Gasteiger partial charge in [0.15, 0.2) is 11.5 Å². The lowest BCUT2D eigenvalue weighted by molar-refractivity contribution is 0.0828. The van der Waals surface area contributed by atoms with Crippen LogP contribution in [0, 0.1) is 5.82 Å². The lowest BCUT2D eigenvalue weighted by Crippen LogP contribution is -2.24. The van der Waals surface area contributed by atoms with Gasteiger partial charge in [-0.1, -0.05) is 6.07 Å². The number of para-hydroxylation sites is 1. The highest BCUT2D eigenvalue weighted by Gasteiger charge is 2.24. The van der Waals surface area contributed by atoms with Crippen LogP contribution in [0.2, 0.25) is 0 Å². The lowest BCUT2D eigenvalue weighted by atomic mass is 10.1. The van der Waals surface area contributed by atoms with E-state index in [4.69, 9.17) is 5.73 Å². The van der Waals surface area contributed by atoms with Crippen molar-refractivity contribution in [2.45, 2.75) is 19.9 Å². The van der Waals surface area contributed by atoms with Crippen LogP contribution in [-0.2, 0) is 0 Å². The molecule has 11 heteroatoms. The molecule has 0 saturated carbocycles. The van der Waals surface area contributed by atoms with Crippen molar-refractivity contribution in [1.82, 2.24) is 29.0 Å². The van der Waals surface area contributed by atoms with Crippen LogP contribution in [0.25, 0.3) is 27.8 Å². The smallest absolute Gasteiger partial charge is 0.335 e. The second-order valence-electron chi connectivity index (χ2n) is 8.92. The maximum atomic E-state index is 14.8. The average Bonchev–Trinajstić information content (AvgIpc) is 3.41. The highest BCUT2D eigenvalue weighted by atomic mass is 19.1. The van der Waals surface area contributed by atoms with Gasteiger partial charge < -0.3 is 20.9 Å². The van der Waals surface area contributed by atoms with Gasteiger partial charge in [-0.25, -0.2) is 9.18 Å². The number of carbonyl (C=O) groups excluding carboxylic acids is 1. The molecule has 0 spiro atoms. The Kier molecular flexibility index (Phi) is 5.47. The third-order valence-corrected chi connectivity index (χ3v) is 5.94. The van der Waals surface area contributed by atoms with Crippen LogP contribution >= 0.6 is 0 Å². The Morgan fingerprint density at radius 1 is 1.17 bits per heavy atom. The minimum Gasteiger partial charge on any atom is -0.382 e. The largest absolute Gasteiger partial charge is 0.382 e. The fourth-order valence-electron chi connectivity index (χ4n) is 4.26. The van der Waals surface area contributed by atoms with Crippen molar-refractivity contribution in [3.8, 4) is 5.69 Å². The molecule has 0 aliphatic heterocycles. The quantitative estimate of drug-likeness (QED) is 0.345. The topological polar surface area (TPSA) is 127 Å². The first-order valence-corrected chi connectivity index (χ1v) is 11.3. The van der Waals surface area contributed by atoms with E-state index in [0.29, 0.717) is 11.2 Å². The summed E-state index contributed by atoms with van der Waals surface area (Å²) >= 11 is 0. The Balaban J connectivity index is 1.71. The average molecular weight is 489 g/mol. The van der Waals surface area contributed by atoms with Crippen LogP contribution in [0.5, 0.6) is 0 Å². The number of nitrogens with one attached hydrogen (secondary N) is 2. The Morgan fingerprint density at radius 2 is 1.94 bits per heavy atom. The molecule has 36 heavy (non-hydrogen) atoms. The summed E-state index contributed by atoms with van der Waals surface area (Å²) in [4.78, 5) is 39.5. The molecule has 2 aromatic carbocycles. The van der Waals surface area contributed by atoms with Crippen molar-refractivity contribution in [3.63, 3.8) is 0 Å². The van der Waals surface area contributed by atoms with Crippen LogP contribution in [0.3, 0.4) is 0 Å². The summed E-state index contributed by atoms with van der Waals surface area (Å²) in [6.45, 7) is 3.72. The molecule has 0 aliphatic rings. The molecule has 10 nitrogen and oxygen atoms in total. The van der Waals surface area contributed by atoms with E-state index in [1.165, 1.54) is 32.2 Å². The predicted octanol–water partition coefficient (Wildman–Crippen LogP) is 3.81. The van der Waals surface area contributed by atoms with Crippen molar-refractivity contribution >= 4 is 45.4 Å². The molecule has 0 radical (unpaired) electrons. The number of imidazole rings is 1. The fourth-order valence-corrected chi connectivity index (χ4v) is 4.26. The molecular formula is C25H25FN8O2. The van der Waals surface area contributed by atoms with Gasteiger partial charge >= 0.3 is 5.69 Å². The number of hydrogen-bond donors (Lipinski definition) is 3. The number of aromatic nitrogens is 5. The van der Waals surface area contributed by atoms with E-state index in [0.717, 1.165) is 10.9 Å². The molecular weight excluding hydrogens is 463 g/mol. The van der Waals surface area contributed by atoms with Gasteiger partial charge in [0.2, 0.25) is 5.95 Å². The summed E-state index contributed by atoms with van der Waals surface area (Å²) in [5.41, 5.74) is 8.24. The molecule has 5 rings (SSSR count). The molecule has 3 heterocycles. The lowest BCUT2D eigenvalue weighted by Gasteiger charge is -2.16. The van der Waals surface area contributed by atoms with E-state index < -0.39 is 11.7 Å². The van der Waals surface area contributed by atoms with Crippen LogP contribution < -0.4 is 16.7 Å². The zero-order valence-electron chi connectivity index (χ0n) is 20.2. The van der Waals surface area contributed by atoms with E-state index in [2.05, 4.69) is 20.3 Å². The summed E-state index contributed by atoms with van der Waals surface area (Å²) in [6.07, 6.45) is 1.82. The van der Waals surface area contributed by atoms with Gasteiger partial charge in [-0.3, -0.25) is 13.9 Å². The number of H-pyrrole nitrogens is 1. The van der Waals surface area contributed by atoms with E-state index in [1.54, 1.807) is 14.1 Å². The third-order valence-electron chi connectivity index (χ3n) is 5.94. The molecule has 0 saturated heterocycles. The minimum absolute atomic E-state index is 0.0324. The van der Waals surface area contributed by atoms with Gasteiger partial charge in [0.25, 0.3) is 5.91 Å². The minimum atomic E-state index is -0.649. The van der Waals surface area contributed by atoms with E-state index in [1.807, 2.05) is 44.3 Å². The molecule has 1 amide bonds. The van der Waals surface area contributed by atoms with Gasteiger partial charge in [0.05, 0.1) is 16.9 Å². The van der Waals surface area contributed by atoms with Crippen molar-refractivity contribution in [3.05, 3.63) is 70.5 Å². The zero-order chi connectivity index (χ0) is 25.7. The number of amides is 1. The number of nitrogens with two attached hydrogens (primary N) is 1. The summed E-state index contributed by atoms with van der Waals surface area (Å²) < 4.78 is 17.8. The van der Waals surface area contributed by atoms with Gasteiger partial charge in [-0.05, 0) is 50.2 Å². The van der Waals surface area contributed by atoms with E-state index in [-0.39, 0.29) is 40.4 Å². The van der Waals surface area contributed by atoms with Crippen LogP contribution in [0.1, 0.15) is 30.2 Å². The van der Waals surface area contributed by atoms with Crippen molar-refractivity contribution in [2.75, 3.05) is 25.1 Å². The highest BCUT2D eigenvalue weighted by molar-refractivity contribution is 6.00. The summed E-state index contributed by atoms with van der Waals surface area (Å²) in [5.74, 6) is -1.05. The van der Waals surface area contributed by atoms with Crippen molar-refractivity contribution < 1.29 is 9.18 Å². The SMILES string of the molecule is CC(C)n1c(=O)n(-c2ccc3[nH]ccc3c2)c2c(N)nc(Nc3c(F)cccc3C(=O)N(C)C)nc21. The first-order chi connectivity index (χ1) is 17.2. The zero-order valence-corrected chi connectivity index (χ0v) is 20.2. The highest BCUT2D eigenvalue weighted by Crippen LogP contribution is 2.29. The molecule has 0 aliphatic carbocycles.